The van der Waals surface area contributed by atoms with Gasteiger partial charge in [-0.3, -0.25) is 0 Å². The number of hydrogen-bond donors (Lipinski definition) is 0. The smallest absolute Gasteiger partial charge is 0.00549 e. The van der Waals surface area contributed by atoms with E-state index in [1.165, 1.54) is 34.1 Å². The average Bonchev–Trinajstić information content (AvgIpc) is 2.82. The Morgan fingerprint density at radius 3 is 0.800 bits per heavy atom. The van der Waals surface area contributed by atoms with Gasteiger partial charge in [0.15, 0.2) is 0 Å². The van der Waals surface area contributed by atoms with Crippen molar-refractivity contribution in [1.82, 2.24) is 0 Å². The molecule has 0 amide bonds. The zero-order valence-corrected chi connectivity index (χ0v) is 18.8. The molecule has 1 aliphatic carbocycles. The summed E-state index contributed by atoms with van der Waals surface area (Å²) in [6.45, 7) is 0. The third-order valence-electron chi connectivity index (χ3n) is 6.00. The summed E-state index contributed by atoms with van der Waals surface area (Å²) in [5.74, 6) is 0. The van der Waals surface area contributed by atoms with Crippen LogP contribution in [-0.2, 0) is 0 Å². The Hall–Kier alpha value is -2.26. The Kier molecular flexibility index (Phi) is 6.08. The fraction of sp³-hybridized carbons (Fsp3) is 0.143. The van der Waals surface area contributed by atoms with Crippen molar-refractivity contribution in [2.75, 3.05) is 0 Å². The Balaban J connectivity index is 1.56. The second-order valence-electron chi connectivity index (χ2n) is 7.79. The summed E-state index contributed by atoms with van der Waals surface area (Å²) in [5, 5.41) is 6.07. The van der Waals surface area contributed by atoms with Gasteiger partial charge in [-0.1, -0.05) is 121 Å². The van der Waals surface area contributed by atoms with Gasteiger partial charge in [0.05, 0.1) is 0 Å². The maximum atomic E-state index is 2.35. The zero-order valence-electron chi connectivity index (χ0n) is 17.0. The van der Waals surface area contributed by atoms with Crippen LogP contribution in [0.5, 0.6) is 0 Å². The minimum atomic E-state index is -0.362. The van der Waals surface area contributed by atoms with Crippen LogP contribution in [0, 0.1) is 0 Å². The molecule has 0 unspecified atom stereocenters. The maximum Gasteiger partial charge on any atom is -0.00549 e. The van der Waals surface area contributed by atoms with Gasteiger partial charge in [0.2, 0.25) is 0 Å². The summed E-state index contributed by atoms with van der Waals surface area (Å²) in [4.78, 5) is 0. The van der Waals surface area contributed by atoms with Gasteiger partial charge in [-0.2, -0.15) is 0 Å². The molecule has 5 rings (SSSR count). The number of benzene rings is 4. The van der Waals surface area contributed by atoms with E-state index < -0.39 is 0 Å². The minimum absolute atomic E-state index is 0.362. The molecule has 148 valence electrons. The Morgan fingerprint density at radius 1 is 0.367 bits per heavy atom. The van der Waals surface area contributed by atoms with Crippen LogP contribution in [0.15, 0.2) is 121 Å². The highest BCUT2D eigenvalue weighted by Gasteiger charge is 2.43. The lowest BCUT2D eigenvalue weighted by molar-refractivity contribution is 0.530. The maximum absolute atomic E-state index is 2.35. The van der Waals surface area contributed by atoms with Gasteiger partial charge in [0.25, 0.3) is 0 Å². The molecule has 1 saturated carbocycles. The first-order valence-corrected chi connectivity index (χ1v) is 13.5. The lowest BCUT2D eigenvalue weighted by atomic mass is 9.99. The Labute approximate surface area is 182 Å². The SMILES string of the molecule is c1ccc(P(c2ccccc2)[C@@H]2CC[C@H]2P(c2ccccc2)c2ccccc2)cc1. The summed E-state index contributed by atoms with van der Waals surface area (Å²) < 4.78 is 0. The predicted octanol–water partition coefficient (Wildman–Crippen LogP) is 5.78. The molecular formula is C28H26P2. The first-order valence-electron chi connectivity index (χ1n) is 10.7. The van der Waals surface area contributed by atoms with Gasteiger partial charge in [-0.15, -0.1) is 0 Å². The van der Waals surface area contributed by atoms with Crippen molar-refractivity contribution < 1.29 is 0 Å². The summed E-state index contributed by atoms with van der Waals surface area (Å²) in [5.41, 5.74) is 1.47. The summed E-state index contributed by atoms with van der Waals surface area (Å²) in [7, 11) is -0.723. The molecular weight excluding hydrogens is 398 g/mol. The molecule has 0 bridgehead atoms. The molecule has 1 fully saturated rings. The summed E-state index contributed by atoms with van der Waals surface area (Å²) in [6, 6.07) is 45.0. The lowest BCUT2D eigenvalue weighted by Crippen LogP contribution is -2.42. The lowest BCUT2D eigenvalue weighted by Gasteiger charge is -2.47. The summed E-state index contributed by atoms with van der Waals surface area (Å²) >= 11 is 0. The normalized spacial score (nSPS) is 18.3. The fourth-order valence-corrected chi connectivity index (χ4v) is 11.2. The van der Waals surface area contributed by atoms with Crippen molar-refractivity contribution in [1.29, 1.82) is 0 Å². The molecule has 30 heavy (non-hydrogen) atoms. The molecule has 0 nitrogen and oxygen atoms in total. The average molecular weight is 424 g/mol. The zero-order chi connectivity index (χ0) is 20.2. The van der Waals surface area contributed by atoms with Crippen LogP contribution in [0.3, 0.4) is 0 Å². The van der Waals surface area contributed by atoms with Crippen molar-refractivity contribution in [2.24, 2.45) is 0 Å². The molecule has 0 heterocycles. The van der Waals surface area contributed by atoms with Crippen LogP contribution >= 0.6 is 15.8 Å². The fourth-order valence-electron chi connectivity index (χ4n) is 4.49. The number of hydrogen-bond acceptors (Lipinski definition) is 0. The molecule has 0 spiro atoms. The molecule has 2 atom stereocenters. The quantitative estimate of drug-likeness (QED) is 0.344. The molecule has 4 aromatic carbocycles. The molecule has 0 saturated heterocycles. The van der Waals surface area contributed by atoms with E-state index in [2.05, 4.69) is 121 Å². The van der Waals surface area contributed by atoms with Crippen molar-refractivity contribution in [3.63, 3.8) is 0 Å². The van der Waals surface area contributed by atoms with Gasteiger partial charge in [0, 0.05) is 0 Å². The first-order chi connectivity index (χ1) is 14.9. The van der Waals surface area contributed by atoms with Gasteiger partial charge in [-0.25, -0.2) is 0 Å². The van der Waals surface area contributed by atoms with Crippen LogP contribution in [0.25, 0.3) is 0 Å². The van der Waals surface area contributed by atoms with E-state index in [1.54, 1.807) is 0 Å². The highest BCUT2D eigenvalue weighted by Crippen LogP contribution is 2.59. The van der Waals surface area contributed by atoms with Crippen molar-refractivity contribution in [3.8, 4) is 0 Å². The van der Waals surface area contributed by atoms with Crippen molar-refractivity contribution in [2.45, 2.75) is 24.2 Å². The van der Waals surface area contributed by atoms with Crippen LogP contribution in [0.4, 0.5) is 0 Å². The van der Waals surface area contributed by atoms with E-state index >= 15 is 0 Å². The predicted molar refractivity (Wildman–Crippen MR) is 135 cm³/mol. The molecule has 0 N–H and O–H groups in total. The van der Waals surface area contributed by atoms with Gasteiger partial charge >= 0.3 is 0 Å². The van der Waals surface area contributed by atoms with E-state index in [4.69, 9.17) is 0 Å². The minimum Gasteiger partial charge on any atom is -0.0622 e. The second-order valence-corrected chi connectivity index (χ2v) is 12.7. The molecule has 4 aromatic rings. The van der Waals surface area contributed by atoms with Gasteiger partial charge < -0.3 is 0 Å². The third kappa shape index (κ3) is 4.00. The largest absolute Gasteiger partial charge is 0.0622 e. The Morgan fingerprint density at radius 2 is 0.600 bits per heavy atom. The highest BCUT2D eigenvalue weighted by molar-refractivity contribution is 7.77. The number of rotatable bonds is 6. The Bertz CT molecular complexity index is 881. The molecule has 0 aromatic heterocycles. The van der Waals surface area contributed by atoms with E-state index in [-0.39, 0.29) is 15.8 Å². The van der Waals surface area contributed by atoms with E-state index in [0.717, 1.165) is 11.3 Å². The molecule has 0 aliphatic heterocycles. The molecule has 2 heteroatoms. The second kappa shape index (κ2) is 9.26. The molecule has 1 aliphatic rings. The van der Waals surface area contributed by atoms with Gasteiger partial charge in [0.1, 0.15) is 0 Å². The summed E-state index contributed by atoms with van der Waals surface area (Å²) in [6.07, 6.45) is 2.66. The van der Waals surface area contributed by atoms with Gasteiger partial charge in [-0.05, 0) is 61.2 Å². The van der Waals surface area contributed by atoms with Crippen LogP contribution in [0.1, 0.15) is 12.8 Å². The van der Waals surface area contributed by atoms with Crippen molar-refractivity contribution >= 4 is 37.1 Å². The monoisotopic (exact) mass is 424 g/mol. The molecule has 0 radical (unpaired) electrons. The van der Waals surface area contributed by atoms with Crippen molar-refractivity contribution in [3.05, 3.63) is 121 Å². The first kappa shape index (κ1) is 19.7. The standard InChI is InChI=1S/C28H26P2/c1-5-13-23(14-6-1)29(24-15-7-2-8-16-24)27-21-22-28(27)30(25-17-9-3-10-18-25)26-19-11-4-12-20-26/h1-20,27-28H,21-22H2/t27-,28-/m1/s1. The van der Waals surface area contributed by atoms with E-state index in [9.17, 15) is 0 Å². The van der Waals surface area contributed by atoms with E-state index in [1.807, 2.05) is 0 Å². The van der Waals surface area contributed by atoms with Crippen LogP contribution in [-0.4, -0.2) is 11.3 Å². The van der Waals surface area contributed by atoms with E-state index in [0.29, 0.717) is 0 Å². The topological polar surface area (TPSA) is 0 Å². The third-order valence-corrected chi connectivity index (χ3v) is 12.2. The van der Waals surface area contributed by atoms with Crippen LogP contribution < -0.4 is 21.2 Å². The highest BCUT2D eigenvalue weighted by atomic mass is 31.1. The van der Waals surface area contributed by atoms with Crippen LogP contribution in [0.2, 0.25) is 0 Å².